The minimum Gasteiger partial charge on any atom is -0.496 e. The van der Waals surface area contributed by atoms with Crippen LogP contribution in [0, 0.1) is 0 Å². The third-order valence-corrected chi connectivity index (χ3v) is 8.39. The number of anilines is 1. The maximum Gasteiger partial charge on any atom is 0.253 e. The number of amides is 2. The molecule has 2 atom stereocenters. The number of fused-ring (bicyclic) bond motifs is 2. The standard InChI is InChI=1S/C34H43N5O3/c1-23(2)35-18-8-12-29-30(11-7-13-31(29)42-3)34(41)38-26-19-27-15-16-28(20-26)39(27)32-17-14-25(22-36-32)33(40)37-21-24-9-5-4-6-10-24/h4-7,9-11,13-14,17,22-23,26-28,35H,8,12,15-16,18-21H2,1-3H3,(H,37,40)(H,38,41). The Morgan fingerprint density at radius 1 is 0.976 bits per heavy atom. The lowest BCUT2D eigenvalue weighted by molar-refractivity contribution is 0.0923. The van der Waals surface area contributed by atoms with Gasteiger partial charge in [-0.2, -0.15) is 0 Å². The van der Waals surface area contributed by atoms with Crippen molar-refractivity contribution in [3.05, 3.63) is 89.1 Å². The van der Waals surface area contributed by atoms with Crippen LogP contribution in [-0.4, -0.2) is 54.6 Å². The van der Waals surface area contributed by atoms with Gasteiger partial charge in [0.1, 0.15) is 11.6 Å². The van der Waals surface area contributed by atoms with E-state index in [0.29, 0.717) is 35.8 Å². The first-order valence-electron chi connectivity index (χ1n) is 15.2. The number of piperidine rings is 1. The van der Waals surface area contributed by atoms with Crippen LogP contribution >= 0.6 is 0 Å². The van der Waals surface area contributed by atoms with Gasteiger partial charge in [0.15, 0.2) is 0 Å². The number of methoxy groups -OCH3 is 1. The second kappa shape index (κ2) is 13.8. The number of rotatable bonds is 12. The number of ether oxygens (including phenoxy) is 1. The highest BCUT2D eigenvalue weighted by atomic mass is 16.5. The zero-order valence-electron chi connectivity index (χ0n) is 24.9. The lowest BCUT2D eigenvalue weighted by Crippen LogP contribution is -2.51. The molecule has 2 aliphatic rings. The molecule has 222 valence electrons. The van der Waals surface area contributed by atoms with E-state index in [9.17, 15) is 9.59 Å². The van der Waals surface area contributed by atoms with E-state index in [-0.39, 0.29) is 17.9 Å². The van der Waals surface area contributed by atoms with Crippen molar-refractivity contribution in [1.29, 1.82) is 0 Å². The Bertz CT molecular complexity index is 1330. The van der Waals surface area contributed by atoms with Crippen molar-refractivity contribution >= 4 is 17.6 Å². The third kappa shape index (κ3) is 7.10. The zero-order valence-corrected chi connectivity index (χ0v) is 24.9. The molecule has 8 heteroatoms. The minimum absolute atomic E-state index is 0.0254. The minimum atomic E-state index is -0.129. The first-order valence-corrected chi connectivity index (χ1v) is 15.2. The van der Waals surface area contributed by atoms with Gasteiger partial charge in [0.25, 0.3) is 11.8 Å². The molecule has 2 saturated heterocycles. The number of carbonyl (C=O) groups excluding carboxylic acids is 2. The highest BCUT2D eigenvalue weighted by Crippen LogP contribution is 2.38. The second-order valence-corrected chi connectivity index (χ2v) is 11.7. The van der Waals surface area contributed by atoms with Gasteiger partial charge < -0.3 is 25.6 Å². The van der Waals surface area contributed by atoms with Crippen molar-refractivity contribution in [2.24, 2.45) is 0 Å². The first kappa shape index (κ1) is 29.6. The molecule has 2 amide bonds. The SMILES string of the molecule is COc1cccc(C(=O)NC2CC3CCC(C2)N3c2ccc(C(=O)NCc3ccccc3)cn2)c1CCCNC(C)C. The van der Waals surface area contributed by atoms with Gasteiger partial charge in [-0.05, 0) is 74.9 Å². The molecule has 42 heavy (non-hydrogen) atoms. The summed E-state index contributed by atoms with van der Waals surface area (Å²) >= 11 is 0. The van der Waals surface area contributed by atoms with Crippen LogP contribution in [0.15, 0.2) is 66.9 Å². The molecule has 0 radical (unpaired) electrons. The van der Waals surface area contributed by atoms with Gasteiger partial charge in [0, 0.05) is 48.0 Å². The summed E-state index contributed by atoms with van der Waals surface area (Å²) in [6.45, 7) is 5.65. The van der Waals surface area contributed by atoms with E-state index in [4.69, 9.17) is 4.74 Å². The summed E-state index contributed by atoms with van der Waals surface area (Å²) in [5.41, 5.74) is 3.29. The highest BCUT2D eigenvalue weighted by molar-refractivity contribution is 5.96. The summed E-state index contributed by atoms with van der Waals surface area (Å²) in [7, 11) is 1.66. The van der Waals surface area contributed by atoms with E-state index in [2.05, 4.69) is 39.7 Å². The van der Waals surface area contributed by atoms with Crippen molar-refractivity contribution in [1.82, 2.24) is 20.9 Å². The van der Waals surface area contributed by atoms with Crippen LogP contribution in [0.2, 0.25) is 0 Å². The lowest BCUT2D eigenvalue weighted by atomic mass is 9.95. The molecular weight excluding hydrogens is 526 g/mol. The van der Waals surface area contributed by atoms with E-state index in [1.54, 1.807) is 13.3 Å². The van der Waals surface area contributed by atoms with Gasteiger partial charge in [0.05, 0.1) is 12.7 Å². The van der Waals surface area contributed by atoms with Crippen LogP contribution in [0.5, 0.6) is 5.75 Å². The number of hydrogen-bond acceptors (Lipinski definition) is 6. The summed E-state index contributed by atoms with van der Waals surface area (Å²) in [5.74, 6) is 1.51. The van der Waals surface area contributed by atoms with Gasteiger partial charge in [-0.15, -0.1) is 0 Å². The van der Waals surface area contributed by atoms with Gasteiger partial charge in [-0.3, -0.25) is 9.59 Å². The van der Waals surface area contributed by atoms with Crippen LogP contribution in [0.4, 0.5) is 5.82 Å². The van der Waals surface area contributed by atoms with Crippen LogP contribution in [0.1, 0.15) is 77.8 Å². The van der Waals surface area contributed by atoms with Gasteiger partial charge >= 0.3 is 0 Å². The quantitative estimate of drug-likeness (QED) is 0.269. The molecule has 8 nitrogen and oxygen atoms in total. The Hall–Kier alpha value is -3.91. The molecule has 5 rings (SSSR count). The Kier molecular flexibility index (Phi) is 9.74. The predicted molar refractivity (Wildman–Crippen MR) is 166 cm³/mol. The van der Waals surface area contributed by atoms with Crippen molar-refractivity contribution in [2.45, 2.75) is 83.1 Å². The van der Waals surface area contributed by atoms with Gasteiger partial charge in [-0.25, -0.2) is 4.98 Å². The molecule has 1 aromatic heterocycles. The van der Waals surface area contributed by atoms with Crippen LogP contribution < -0.4 is 25.6 Å². The molecule has 0 spiro atoms. The van der Waals surface area contributed by atoms with Crippen molar-refractivity contribution in [3.63, 3.8) is 0 Å². The number of carbonyl (C=O) groups is 2. The molecular formula is C34H43N5O3. The molecule has 2 aromatic carbocycles. The summed E-state index contributed by atoms with van der Waals surface area (Å²) in [4.78, 5) is 33.3. The fraction of sp³-hybridized carbons (Fsp3) is 0.441. The van der Waals surface area contributed by atoms with E-state index >= 15 is 0 Å². The average Bonchev–Trinajstić information content (AvgIpc) is 3.28. The van der Waals surface area contributed by atoms with E-state index in [1.165, 1.54) is 0 Å². The summed E-state index contributed by atoms with van der Waals surface area (Å²) in [6.07, 6.45) is 7.28. The fourth-order valence-electron chi connectivity index (χ4n) is 6.37. The molecule has 2 bridgehead atoms. The monoisotopic (exact) mass is 569 g/mol. The topological polar surface area (TPSA) is 95.6 Å². The van der Waals surface area contributed by atoms with Crippen molar-refractivity contribution in [2.75, 3.05) is 18.6 Å². The number of hydrogen-bond donors (Lipinski definition) is 3. The lowest BCUT2D eigenvalue weighted by Gasteiger charge is -2.40. The summed E-state index contributed by atoms with van der Waals surface area (Å²) < 4.78 is 5.63. The van der Waals surface area contributed by atoms with Crippen LogP contribution in [0.25, 0.3) is 0 Å². The number of aromatic nitrogens is 1. The Balaban J connectivity index is 1.18. The van der Waals surface area contributed by atoms with Gasteiger partial charge in [0.2, 0.25) is 0 Å². The van der Waals surface area contributed by atoms with Crippen LogP contribution in [0.3, 0.4) is 0 Å². The molecule has 0 saturated carbocycles. The number of nitrogens with zero attached hydrogens (tertiary/aromatic N) is 2. The number of benzene rings is 2. The maximum absolute atomic E-state index is 13.5. The predicted octanol–water partition coefficient (Wildman–Crippen LogP) is 4.88. The van der Waals surface area contributed by atoms with Crippen molar-refractivity contribution < 1.29 is 14.3 Å². The molecule has 2 fully saturated rings. The molecule has 3 aromatic rings. The van der Waals surface area contributed by atoms with E-state index in [0.717, 1.165) is 67.8 Å². The molecule has 3 heterocycles. The fourth-order valence-corrected chi connectivity index (χ4v) is 6.37. The summed E-state index contributed by atoms with van der Waals surface area (Å²) in [6, 6.07) is 20.6. The van der Waals surface area contributed by atoms with Crippen LogP contribution in [-0.2, 0) is 13.0 Å². The highest BCUT2D eigenvalue weighted by Gasteiger charge is 2.42. The van der Waals surface area contributed by atoms with E-state index in [1.807, 2.05) is 60.7 Å². The third-order valence-electron chi connectivity index (χ3n) is 8.39. The maximum atomic E-state index is 13.5. The first-order chi connectivity index (χ1) is 20.4. The zero-order chi connectivity index (χ0) is 29.5. The molecule has 0 aliphatic carbocycles. The number of pyridine rings is 1. The summed E-state index contributed by atoms with van der Waals surface area (Å²) in [5, 5.41) is 9.77. The molecule has 3 N–H and O–H groups in total. The van der Waals surface area contributed by atoms with Crippen molar-refractivity contribution in [3.8, 4) is 5.75 Å². The smallest absolute Gasteiger partial charge is 0.253 e. The normalized spacial score (nSPS) is 19.5. The molecule has 2 aliphatic heterocycles. The second-order valence-electron chi connectivity index (χ2n) is 11.7. The molecule has 2 unspecified atom stereocenters. The van der Waals surface area contributed by atoms with Gasteiger partial charge in [-0.1, -0.05) is 50.2 Å². The largest absolute Gasteiger partial charge is 0.496 e. The Morgan fingerprint density at radius 2 is 1.74 bits per heavy atom. The Morgan fingerprint density at radius 3 is 2.40 bits per heavy atom. The average molecular weight is 570 g/mol. The van der Waals surface area contributed by atoms with E-state index < -0.39 is 0 Å². The Labute approximate surface area is 249 Å². The number of nitrogens with one attached hydrogen (secondary N) is 3.